The molecule has 7 aromatic carbocycles. The summed E-state index contributed by atoms with van der Waals surface area (Å²) in [6.07, 6.45) is 0. The molecule has 210 valence electrons. The van der Waals surface area contributed by atoms with Crippen LogP contribution in [-0.4, -0.2) is 9.55 Å². The van der Waals surface area contributed by atoms with Crippen molar-refractivity contribution in [2.45, 2.75) is 0 Å². The minimum atomic E-state index is 0.647. The van der Waals surface area contributed by atoms with Gasteiger partial charge >= 0.3 is 0 Å². The van der Waals surface area contributed by atoms with Gasteiger partial charge in [-0.05, 0) is 82.6 Å². The molecule has 3 nitrogen and oxygen atoms in total. The number of nitrogens with zero attached hydrogens (tertiary/aromatic N) is 2. The lowest BCUT2D eigenvalue weighted by atomic mass is 10.0. The van der Waals surface area contributed by atoms with Crippen LogP contribution in [0, 0.1) is 0 Å². The van der Waals surface area contributed by atoms with E-state index in [-0.39, 0.29) is 0 Å². The van der Waals surface area contributed by atoms with Crippen LogP contribution in [0.4, 0.5) is 0 Å². The fourth-order valence-corrected chi connectivity index (χ4v) is 7.96. The van der Waals surface area contributed by atoms with E-state index in [0.29, 0.717) is 5.89 Å². The highest BCUT2D eigenvalue weighted by molar-refractivity contribution is 7.26. The van der Waals surface area contributed by atoms with Crippen molar-refractivity contribution in [2.24, 2.45) is 0 Å². The maximum Gasteiger partial charge on any atom is 0.227 e. The van der Waals surface area contributed by atoms with E-state index in [1.54, 1.807) is 11.3 Å². The summed E-state index contributed by atoms with van der Waals surface area (Å²) in [5.41, 5.74) is 8.62. The second kappa shape index (κ2) is 9.39. The molecule has 0 aliphatic heterocycles. The number of hydrogen-bond donors (Lipinski definition) is 0. The second-order valence-electron chi connectivity index (χ2n) is 11.6. The van der Waals surface area contributed by atoms with E-state index in [1.165, 1.54) is 52.9 Å². The van der Waals surface area contributed by atoms with Crippen LogP contribution in [0.15, 0.2) is 150 Å². The summed E-state index contributed by atoms with van der Waals surface area (Å²) in [5, 5.41) is 7.43. The number of para-hydroxylation sites is 1. The molecule has 0 aliphatic carbocycles. The maximum absolute atomic E-state index is 6.43. The first-order valence-electron chi connectivity index (χ1n) is 15.1. The van der Waals surface area contributed by atoms with E-state index in [4.69, 9.17) is 9.40 Å². The fourth-order valence-electron chi connectivity index (χ4n) is 6.86. The van der Waals surface area contributed by atoms with Crippen LogP contribution in [-0.2, 0) is 0 Å². The van der Waals surface area contributed by atoms with E-state index >= 15 is 0 Å². The van der Waals surface area contributed by atoms with Gasteiger partial charge in [0.1, 0.15) is 5.52 Å². The first-order valence-corrected chi connectivity index (χ1v) is 15.9. The summed E-state index contributed by atoms with van der Waals surface area (Å²) in [6.45, 7) is 0. The first kappa shape index (κ1) is 24.7. The average molecular weight is 593 g/mol. The normalized spacial score (nSPS) is 12.0. The van der Waals surface area contributed by atoms with E-state index in [2.05, 4.69) is 150 Å². The molecule has 0 radical (unpaired) electrons. The highest BCUT2D eigenvalue weighted by Crippen LogP contribution is 2.40. The zero-order chi connectivity index (χ0) is 29.5. The van der Waals surface area contributed by atoms with Crippen molar-refractivity contribution in [1.29, 1.82) is 0 Å². The molecular weight excluding hydrogens is 569 g/mol. The molecule has 3 heterocycles. The molecule has 0 N–H and O–H groups in total. The van der Waals surface area contributed by atoms with Crippen LogP contribution in [0.1, 0.15) is 0 Å². The molecule has 0 spiro atoms. The van der Waals surface area contributed by atoms with Crippen molar-refractivity contribution in [3.8, 4) is 28.3 Å². The summed E-state index contributed by atoms with van der Waals surface area (Å²) in [6, 6.07) is 52.0. The minimum absolute atomic E-state index is 0.647. The Kier molecular flexibility index (Phi) is 5.16. The Balaban J connectivity index is 1.02. The number of aromatic nitrogens is 2. The molecule has 0 bridgehead atoms. The van der Waals surface area contributed by atoms with Crippen molar-refractivity contribution in [1.82, 2.24) is 9.55 Å². The third-order valence-corrected chi connectivity index (χ3v) is 10.2. The predicted molar refractivity (Wildman–Crippen MR) is 190 cm³/mol. The van der Waals surface area contributed by atoms with Gasteiger partial charge < -0.3 is 8.98 Å². The summed E-state index contributed by atoms with van der Waals surface area (Å²) >= 11 is 1.79. The molecule has 10 rings (SSSR count). The molecule has 0 saturated carbocycles. The third kappa shape index (κ3) is 3.73. The number of rotatable bonds is 3. The van der Waals surface area contributed by atoms with Gasteiger partial charge in [-0.3, -0.25) is 0 Å². The Labute approximate surface area is 262 Å². The van der Waals surface area contributed by atoms with Crippen molar-refractivity contribution < 1.29 is 4.42 Å². The van der Waals surface area contributed by atoms with Gasteiger partial charge in [-0.2, -0.15) is 0 Å². The number of oxazole rings is 1. The van der Waals surface area contributed by atoms with Gasteiger partial charge in [-0.15, -0.1) is 11.3 Å². The molecule has 0 atom stereocenters. The van der Waals surface area contributed by atoms with Crippen LogP contribution >= 0.6 is 11.3 Å². The summed E-state index contributed by atoms with van der Waals surface area (Å²) in [7, 11) is 0. The molecular formula is C41H24N2OS. The van der Waals surface area contributed by atoms with Gasteiger partial charge in [-0.25, -0.2) is 4.98 Å². The Morgan fingerprint density at radius 1 is 0.511 bits per heavy atom. The molecule has 4 heteroatoms. The first-order chi connectivity index (χ1) is 22.3. The molecule has 0 aliphatic rings. The summed E-state index contributed by atoms with van der Waals surface area (Å²) < 4.78 is 11.3. The smallest absolute Gasteiger partial charge is 0.227 e. The molecule has 0 fully saturated rings. The van der Waals surface area contributed by atoms with E-state index in [0.717, 1.165) is 33.3 Å². The van der Waals surface area contributed by atoms with Gasteiger partial charge in [0.25, 0.3) is 0 Å². The standard InChI is InChI=1S/C41H24N2OS/c1-2-8-29-24-36-33(23-28(29)7-1)31-9-3-5-11-35(31)43(36)30-19-17-26(18-20-30)25-13-15-27(16-14-25)41-42-34-21-22-38-39(40(34)44-41)32-10-4-6-12-37(32)45-38/h1-24H. The number of thiophene rings is 1. The van der Waals surface area contributed by atoms with Gasteiger partial charge in [-0.1, -0.05) is 84.9 Å². The Bertz CT molecular complexity index is 2750. The monoisotopic (exact) mass is 592 g/mol. The highest BCUT2D eigenvalue weighted by atomic mass is 32.1. The third-order valence-electron chi connectivity index (χ3n) is 9.03. The summed E-state index contributed by atoms with van der Waals surface area (Å²) in [5.74, 6) is 0.647. The highest BCUT2D eigenvalue weighted by Gasteiger charge is 2.16. The van der Waals surface area contributed by atoms with Crippen LogP contribution in [0.2, 0.25) is 0 Å². The van der Waals surface area contributed by atoms with Gasteiger partial charge in [0, 0.05) is 42.2 Å². The molecule has 0 amide bonds. The second-order valence-corrected chi connectivity index (χ2v) is 12.7. The number of hydrogen-bond acceptors (Lipinski definition) is 3. The van der Waals surface area contributed by atoms with Gasteiger partial charge in [0.15, 0.2) is 5.58 Å². The number of benzene rings is 7. The fraction of sp³-hybridized carbons (Fsp3) is 0. The molecule has 45 heavy (non-hydrogen) atoms. The molecule has 0 unspecified atom stereocenters. The zero-order valence-electron chi connectivity index (χ0n) is 24.1. The van der Waals surface area contributed by atoms with Crippen LogP contribution in [0.25, 0.3) is 92.1 Å². The van der Waals surface area contributed by atoms with Gasteiger partial charge in [0.05, 0.1) is 11.0 Å². The average Bonchev–Trinajstić information content (AvgIpc) is 3.79. The van der Waals surface area contributed by atoms with Crippen molar-refractivity contribution >= 4 is 75.2 Å². The van der Waals surface area contributed by atoms with Crippen LogP contribution in [0.5, 0.6) is 0 Å². The Morgan fingerprint density at radius 2 is 1.18 bits per heavy atom. The topological polar surface area (TPSA) is 31.0 Å². The van der Waals surface area contributed by atoms with Crippen LogP contribution in [0.3, 0.4) is 0 Å². The molecule has 10 aromatic rings. The van der Waals surface area contributed by atoms with Crippen LogP contribution < -0.4 is 0 Å². The molecule has 0 saturated heterocycles. The Morgan fingerprint density at radius 3 is 2.00 bits per heavy atom. The molecule has 3 aromatic heterocycles. The van der Waals surface area contributed by atoms with Crippen molar-refractivity contribution in [3.63, 3.8) is 0 Å². The minimum Gasteiger partial charge on any atom is -0.435 e. The van der Waals surface area contributed by atoms with E-state index in [9.17, 15) is 0 Å². The van der Waals surface area contributed by atoms with Crippen molar-refractivity contribution in [3.05, 3.63) is 146 Å². The zero-order valence-corrected chi connectivity index (χ0v) is 24.9. The van der Waals surface area contributed by atoms with Gasteiger partial charge in [0.2, 0.25) is 5.89 Å². The predicted octanol–water partition coefficient (Wildman–Crippen LogP) is 11.8. The lowest BCUT2D eigenvalue weighted by Gasteiger charge is -2.10. The summed E-state index contributed by atoms with van der Waals surface area (Å²) in [4.78, 5) is 4.87. The SMILES string of the molecule is c1ccc2cc3c(cc2c1)c1ccccc1n3-c1ccc(-c2ccc(-c3nc4ccc5sc6ccccc6c5c4o3)cc2)cc1. The van der Waals surface area contributed by atoms with E-state index < -0.39 is 0 Å². The Hall–Kier alpha value is -5.71. The van der Waals surface area contributed by atoms with Crippen molar-refractivity contribution in [2.75, 3.05) is 0 Å². The van der Waals surface area contributed by atoms with E-state index in [1.807, 2.05) is 0 Å². The lowest BCUT2D eigenvalue weighted by Crippen LogP contribution is -1.93. The lowest BCUT2D eigenvalue weighted by molar-refractivity contribution is 0.623. The quantitative estimate of drug-likeness (QED) is 0.204. The maximum atomic E-state index is 6.43. The number of fused-ring (bicyclic) bond motifs is 9. The largest absolute Gasteiger partial charge is 0.435 e.